The number of hydrogen-bond acceptors (Lipinski definition) is 6. The van der Waals surface area contributed by atoms with Gasteiger partial charge in [-0.15, -0.1) is 0 Å². The lowest BCUT2D eigenvalue weighted by atomic mass is 9.84. The van der Waals surface area contributed by atoms with Crippen molar-refractivity contribution in [3.8, 4) is 5.75 Å². The molecule has 1 heterocycles. The van der Waals surface area contributed by atoms with Crippen LogP contribution in [0.4, 0.5) is 5.69 Å². The minimum Gasteiger partial charge on any atom is -0.508 e. The van der Waals surface area contributed by atoms with Crippen molar-refractivity contribution in [2.24, 2.45) is 0 Å². The van der Waals surface area contributed by atoms with E-state index in [0.29, 0.717) is 28.8 Å². The number of phenols is 1. The molecule has 0 saturated heterocycles. The number of sulfonamides is 1. The van der Waals surface area contributed by atoms with E-state index in [1.54, 1.807) is 42.5 Å². The first-order chi connectivity index (χ1) is 14.3. The van der Waals surface area contributed by atoms with Crippen LogP contribution in [-0.4, -0.2) is 44.1 Å². The van der Waals surface area contributed by atoms with Crippen molar-refractivity contribution in [1.82, 2.24) is 4.72 Å². The van der Waals surface area contributed by atoms with Crippen LogP contribution >= 0.6 is 0 Å². The van der Waals surface area contributed by atoms with Crippen molar-refractivity contribution in [2.75, 3.05) is 18.5 Å². The Hall–Kier alpha value is -3.20. The number of ketones is 1. The second-order valence-electron chi connectivity index (χ2n) is 6.98. The third kappa shape index (κ3) is 3.56. The maximum Gasteiger partial charge on any atom is 0.240 e. The van der Waals surface area contributed by atoms with Crippen molar-refractivity contribution in [3.63, 3.8) is 0 Å². The van der Waals surface area contributed by atoms with Crippen molar-refractivity contribution in [1.29, 1.82) is 0 Å². The van der Waals surface area contributed by atoms with Gasteiger partial charge < -0.3 is 15.1 Å². The Morgan fingerprint density at radius 1 is 1.07 bits per heavy atom. The van der Waals surface area contributed by atoms with Crippen LogP contribution in [0.1, 0.15) is 5.56 Å². The Labute approximate surface area is 174 Å². The van der Waals surface area contributed by atoms with E-state index in [4.69, 9.17) is 0 Å². The van der Waals surface area contributed by atoms with Gasteiger partial charge in [0, 0.05) is 29.6 Å². The predicted molar refractivity (Wildman–Crippen MR) is 113 cm³/mol. The molecular weight excluding hydrogens is 404 g/mol. The van der Waals surface area contributed by atoms with E-state index in [1.165, 1.54) is 25.3 Å². The topological polar surface area (TPSA) is 107 Å². The molecule has 2 aromatic carbocycles. The number of hydrogen-bond donors (Lipinski definition) is 3. The van der Waals surface area contributed by atoms with Gasteiger partial charge in [-0.3, -0.25) is 4.79 Å². The van der Waals surface area contributed by atoms with Crippen LogP contribution in [0, 0.1) is 0 Å². The van der Waals surface area contributed by atoms with Gasteiger partial charge >= 0.3 is 0 Å². The zero-order valence-electron chi connectivity index (χ0n) is 16.1. The molecule has 8 heteroatoms. The summed E-state index contributed by atoms with van der Waals surface area (Å²) in [7, 11) is -2.23. The zero-order chi connectivity index (χ0) is 21.5. The molecular formula is C22H20N2O5S. The number of carbonyl (C=O) groups excluding carboxylic acids is 1. The Kier molecular flexibility index (Phi) is 5.07. The summed E-state index contributed by atoms with van der Waals surface area (Å²) < 4.78 is 26.3. The highest BCUT2D eigenvalue weighted by Gasteiger charge is 2.31. The molecule has 1 unspecified atom stereocenters. The fraction of sp³-hybridized carbons (Fsp3) is 0.136. The Balaban J connectivity index is 1.81. The molecule has 0 saturated carbocycles. The van der Waals surface area contributed by atoms with E-state index in [1.807, 2.05) is 11.1 Å². The lowest BCUT2D eigenvalue weighted by Gasteiger charge is -2.32. The van der Waals surface area contributed by atoms with Crippen molar-refractivity contribution < 1.29 is 23.4 Å². The minimum absolute atomic E-state index is 0.121. The highest BCUT2D eigenvalue weighted by atomic mass is 32.2. The number of aliphatic hydroxyl groups is 1. The third-order valence-electron chi connectivity index (χ3n) is 5.15. The fourth-order valence-corrected chi connectivity index (χ4v) is 4.28. The minimum atomic E-state index is -3.58. The number of nitrogens with one attached hydrogen (secondary N) is 1. The molecule has 1 aliphatic carbocycles. The van der Waals surface area contributed by atoms with Crippen LogP contribution in [0.2, 0.25) is 0 Å². The first-order valence-corrected chi connectivity index (χ1v) is 10.7. The smallest absolute Gasteiger partial charge is 0.240 e. The summed E-state index contributed by atoms with van der Waals surface area (Å²) in [6.07, 6.45) is 3.76. The van der Waals surface area contributed by atoms with Gasteiger partial charge in [-0.2, -0.15) is 0 Å². The molecule has 0 amide bonds. The molecule has 154 valence electrons. The number of benzene rings is 2. The fourth-order valence-electron chi connectivity index (χ4n) is 3.55. The van der Waals surface area contributed by atoms with Gasteiger partial charge in [-0.05, 0) is 60.7 Å². The number of carbonyl (C=O) groups is 1. The van der Waals surface area contributed by atoms with E-state index in [-0.39, 0.29) is 10.6 Å². The summed E-state index contributed by atoms with van der Waals surface area (Å²) in [4.78, 5) is 14.8. The number of anilines is 1. The van der Waals surface area contributed by atoms with E-state index < -0.39 is 21.9 Å². The SMILES string of the molecule is CNS(=O)(=O)c1ccc(C2=C3C(=O)C(O)C=CC3=CN(c3ccc(O)cc3)C2)cc1. The number of fused-ring (bicyclic) bond motifs is 1. The highest BCUT2D eigenvalue weighted by molar-refractivity contribution is 7.89. The summed E-state index contributed by atoms with van der Waals surface area (Å²) in [5.74, 6) is -0.243. The van der Waals surface area contributed by atoms with Gasteiger partial charge in [-0.25, -0.2) is 13.1 Å². The molecule has 0 bridgehead atoms. The van der Waals surface area contributed by atoms with E-state index >= 15 is 0 Å². The number of nitrogens with zero attached hydrogens (tertiary/aromatic N) is 1. The number of aliphatic hydroxyl groups excluding tert-OH is 1. The zero-order valence-corrected chi connectivity index (χ0v) is 16.9. The molecule has 2 aromatic rings. The lowest BCUT2D eigenvalue weighted by Crippen LogP contribution is -2.32. The molecule has 1 aliphatic heterocycles. The number of allylic oxidation sites excluding steroid dienone is 2. The normalized spacial score (nSPS) is 19.0. The van der Waals surface area contributed by atoms with Gasteiger partial charge in [0.1, 0.15) is 11.9 Å². The third-order valence-corrected chi connectivity index (χ3v) is 6.58. The molecule has 0 fully saturated rings. The molecule has 30 heavy (non-hydrogen) atoms. The Morgan fingerprint density at radius 3 is 2.37 bits per heavy atom. The highest BCUT2D eigenvalue weighted by Crippen LogP contribution is 2.36. The largest absolute Gasteiger partial charge is 0.508 e. The summed E-state index contributed by atoms with van der Waals surface area (Å²) in [5.41, 5.74) is 3.27. The summed E-state index contributed by atoms with van der Waals surface area (Å²) in [5, 5.41) is 19.6. The average molecular weight is 424 g/mol. The first kappa shape index (κ1) is 20.1. The molecule has 0 radical (unpaired) electrons. The molecule has 7 nitrogen and oxygen atoms in total. The molecule has 0 spiro atoms. The van der Waals surface area contributed by atoms with Crippen LogP contribution < -0.4 is 9.62 Å². The number of Topliss-reactive ketones (excluding diaryl/α,β-unsaturated/α-hetero) is 1. The molecule has 1 atom stereocenters. The van der Waals surface area contributed by atoms with Gasteiger partial charge in [-0.1, -0.05) is 18.2 Å². The van der Waals surface area contributed by atoms with Crippen LogP contribution in [0.25, 0.3) is 5.57 Å². The van der Waals surface area contributed by atoms with E-state index in [2.05, 4.69) is 4.72 Å². The monoisotopic (exact) mass is 424 g/mol. The number of aromatic hydroxyl groups is 1. The molecule has 4 rings (SSSR count). The predicted octanol–water partition coefficient (Wildman–Crippen LogP) is 1.96. The van der Waals surface area contributed by atoms with E-state index in [9.17, 15) is 23.4 Å². The lowest BCUT2D eigenvalue weighted by molar-refractivity contribution is -0.121. The van der Waals surface area contributed by atoms with Crippen LogP contribution in [0.3, 0.4) is 0 Å². The van der Waals surface area contributed by atoms with Gasteiger partial charge in [0.2, 0.25) is 10.0 Å². The van der Waals surface area contributed by atoms with Crippen LogP contribution in [0.15, 0.2) is 82.9 Å². The quantitative estimate of drug-likeness (QED) is 0.693. The summed E-state index contributed by atoms with van der Waals surface area (Å²) >= 11 is 0. The van der Waals surface area contributed by atoms with Crippen LogP contribution in [0.5, 0.6) is 5.75 Å². The standard InChI is InChI=1S/C22H20N2O5S/c1-23-30(28,29)18-9-2-14(3-10-18)19-13-24(16-5-7-17(25)8-6-16)12-15-4-11-20(26)22(27)21(15)19/h2-12,20,23,25-26H,13H2,1H3. The summed E-state index contributed by atoms with van der Waals surface area (Å²) in [6, 6.07) is 13.0. The van der Waals surface area contributed by atoms with Gasteiger partial charge in [0.15, 0.2) is 5.78 Å². The average Bonchev–Trinajstić information content (AvgIpc) is 2.76. The number of phenolic OH excluding ortho intramolecular Hbond substituents is 1. The van der Waals surface area contributed by atoms with Gasteiger partial charge in [0.05, 0.1) is 4.90 Å². The molecule has 3 N–H and O–H groups in total. The molecule has 0 aromatic heterocycles. The second-order valence-corrected chi connectivity index (χ2v) is 8.87. The maximum atomic E-state index is 12.7. The maximum absolute atomic E-state index is 12.7. The second kappa shape index (κ2) is 7.56. The Bertz CT molecular complexity index is 1190. The molecule has 2 aliphatic rings. The van der Waals surface area contributed by atoms with Crippen LogP contribution in [-0.2, 0) is 14.8 Å². The Morgan fingerprint density at radius 2 is 1.73 bits per heavy atom. The van der Waals surface area contributed by atoms with Crippen molar-refractivity contribution in [2.45, 2.75) is 11.0 Å². The first-order valence-electron chi connectivity index (χ1n) is 9.25. The number of rotatable bonds is 4. The van der Waals surface area contributed by atoms with E-state index in [0.717, 1.165) is 5.69 Å². The van der Waals surface area contributed by atoms with Crippen molar-refractivity contribution in [3.05, 3.63) is 83.6 Å². The van der Waals surface area contributed by atoms with Gasteiger partial charge in [0.25, 0.3) is 0 Å². The van der Waals surface area contributed by atoms with Crippen molar-refractivity contribution >= 4 is 27.1 Å². The summed E-state index contributed by atoms with van der Waals surface area (Å²) in [6.45, 7) is 0.341.